The van der Waals surface area contributed by atoms with Gasteiger partial charge in [-0.3, -0.25) is 4.79 Å². The molecule has 0 spiro atoms. The van der Waals surface area contributed by atoms with Gasteiger partial charge in [-0.2, -0.15) is 13.2 Å². The maximum Gasteiger partial charge on any atom is 0.391 e. The fraction of sp³-hybridized carbons (Fsp3) is 0.833. The van der Waals surface area contributed by atoms with Gasteiger partial charge in [0.2, 0.25) is 5.91 Å². The van der Waals surface area contributed by atoms with Gasteiger partial charge >= 0.3 is 6.18 Å². The molecule has 3 aliphatic heterocycles. The van der Waals surface area contributed by atoms with E-state index in [4.69, 9.17) is 0 Å². The average Bonchev–Trinajstić information content (AvgIpc) is 3.13. The van der Waals surface area contributed by atoms with Gasteiger partial charge in [0, 0.05) is 25.2 Å². The highest BCUT2D eigenvalue weighted by atomic mass is 19.4. The molecule has 0 radical (unpaired) electrons. The lowest BCUT2D eigenvalue weighted by Crippen LogP contribution is -2.53. The van der Waals surface area contributed by atoms with Crippen molar-refractivity contribution in [3.8, 4) is 0 Å². The summed E-state index contributed by atoms with van der Waals surface area (Å²) in [6.45, 7) is 4.51. The molecule has 24 heavy (non-hydrogen) atoms. The van der Waals surface area contributed by atoms with E-state index in [9.17, 15) is 18.0 Å². The van der Waals surface area contributed by atoms with Crippen LogP contribution in [0.2, 0.25) is 0 Å². The summed E-state index contributed by atoms with van der Waals surface area (Å²) in [5, 5.41) is 3.54. The van der Waals surface area contributed by atoms with E-state index in [0.717, 1.165) is 19.3 Å². The number of allylic oxidation sites excluding steroid dienone is 2. The topological polar surface area (TPSA) is 32.3 Å². The largest absolute Gasteiger partial charge is 0.391 e. The van der Waals surface area contributed by atoms with Crippen molar-refractivity contribution in [3.05, 3.63) is 11.6 Å². The van der Waals surface area contributed by atoms with Crippen LogP contribution in [-0.4, -0.2) is 42.2 Å². The lowest BCUT2D eigenvalue weighted by atomic mass is 9.70. The molecule has 0 aromatic rings. The van der Waals surface area contributed by atoms with Gasteiger partial charge < -0.3 is 10.2 Å². The van der Waals surface area contributed by atoms with Crippen LogP contribution in [0, 0.1) is 11.3 Å². The molecule has 0 aromatic carbocycles. The van der Waals surface area contributed by atoms with E-state index >= 15 is 0 Å². The summed E-state index contributed by atoms with van der Waals surface area (Å²) in [5.41, 5.74) is 0.728. The van der Waals surface area contributed by atoms with Crippen LogP contribution in [0.15, 0.2) is 11.6 Å². The number of nitrogens with one attached hydrogen (secondary N) is 1. The van der Waals surface area contributed by atoms with Crippen LogP contribution in [0.25, 0.3) is 0 Å². The third kappa shape index (κ3) is 3.22. The van der Waals surface area contributed by atoms with Crippen molar-refractivity contribution in [2.75, 3.05) is 13.1 Å². The van der Waals surface area contributed by atoms with Gasteiger partial charge in [-0.25, -0.2) is 0 Å². The Kier molecular flexibility index (Phi) is 4.71. The highest BCUT2D eigenvalue weighted by Crippen LogP contribution is 2.48. The molecule has 136 valence electrons. The molecule has 0 aromatic heterocycles. The molecule has 0 saturated carbocycles. The number of carbonyl (C=O) groups excluding carboxylic acids is 1. The van der Waals surface area contributed by atoms with Crippen molar-refractivity contribution < 1.29 is 18.0 Å². The summed E-state index contributed by atoms with van der Waals surface area (Å²) in [4.78, 5) is 15.0. The zero-order chi connectivity index (χ0) is 17.5. The molecule has 2 bridgehead atoms. The Morgan fingerprint density at radius 1 is 1.21 bits per heavy atom. The monoisotopic (exact) mass is 344 g/mol. The van der Waals surface area contributed by atoms with Gasteiger partial charge in [0.05, 0.1) is 11.3 Å². The van der Waals surface area contributed by atoms with E-state index < -0.39 is 17.5 Å². The summed E-state index contributed by atoms with van der Waals surface area (Å²) < 4.78 is 38.6. The van der Waals surface area contributed by atoms with Gasteiger partial charge in [0.25, 0.3) is 0 Å². The Morgan fingerprint density at radius 2 is 1.88 bits per heavy atom. The quantitative estimate of drug-likeness (QED) is 0.793. The normalized spacial score (nSPS) is 33.8. The number of nitrogens with zero attached hydrogens (tertiary/aromatic N) is 1. The van der Waals surface area contributed by atoms with Gasteiger partial charge in [0.15, 0.2) is 0 Å². The fourth-order valence-corrected chi connectivity index (χ4v) is 4.66. The zero-order valence-corrected chi connectivity index (χ0v) is 14.5. The zero-order valence-electron chi connectivity index (χ0n) is 14.5. The Hall–Kier alpha value is -1.04. The van der Waals surface area contributed by atoms with Crippen molar-refractivity contribution in [2.45, 2.75) is 70.6 Å². The fourth-order valence-electron chi connectivity index (χ4n) is 4.66. The number of carbonyl (C=O) groups is 1. The van der Waals surface area contributed by atoms with E-state index in [2.05, 4.69) is 11.4 Å². The van der Waals surface area contributed by atoms with Gasteiger partial charge in [-0.15, -0.1) is 0 Å². The van der Waals surface area contributed by atoms with E-state index in [-0.39, 0.29) is 37.9 Å². The molecular weight excluding hydrogens is 317 g/mol. The molecule has 1 amide bonds. The van der Waals surface area contributed by atoms with E-state index in [1.54, 1.807) is 4.90 Å². The number of halogens is 3. The number of fused-ring (bicyclic) bond motifs is 2. The second kappa shape index (κ2) is 6.36. The molecule has 3 aliphatic rings. The molecule has 0 aliphatic carbocycles. The minimum absolute atomic E-state index is 0.0372. The number of piperidine rings is 1. The smallest absolute Gasteiger partial charge is 0.342 e. The van der Waals surface area contributed by atoms with Crippen molar-refractivity contribution >= 4 is 5.91 Å². The molecule has 3 atom stereocenters. The van der Waals surface area contributed by atoms with E-state index in [1.165, 1.54) is 5.57 Å². The van der Waals surface area contributed by atoms with Crippen LogP contribution in [0.3, 0.4) is 0 Å². The highest BCUT2D eigenvalue weighted by Gasteiger charge is 2.56. The maximum absolute atomic E-state index is 13.3. The third-order valence-electron chi connectivity index (χ3n) is 6.06. The van der Waals surface area contributed by atoms with Crippen molar-refractivity contribution in [3.63, 3.8) is 0 Å². The summed E-state index contributed by atoms with van der Waals surface area (Å²) in [6, 6.07) is 0.558. The van der Waals surface area contributed by atoms with Crippen LogP contribution in [-0.2, 0) is 4.79 Å². The number of hydrogen-bond acceptors (Lipinski definition) is 2. The number of alkyl halides is 3. The standard InChI is InChI=1S/C18H27F3N2O/c1-12(2)5-8-17(11-14-3-4-15(17)22-14)16(24)23-9-6-13(7-10-23)18(19,20)21/h5,13-15,22H,3-4,6-11H2,1-2H3/t14-,15+,17+/m0/s1. The number of amides is 1. The predicted molar refractivity (Wildman–Crippen MR) is 86.4 cm³/mol. The van der Waals surface area contributed by atoms with Crippen LogP contribution in [0.1, 0.15) is 52.4 Å². The molecular formula is C18H27F3N2O. The van der Waals surface area contributed by atoms with E-state index in [0.29, 0.717) is 12.5 Å². The number of hydrogen-bond donors (Lipinski definition) is 1. The third-order valence-corrected chi connectivity index (χ3v) is 6.06. The Morgan fingerprint density at radius 3 is 2.33 bits per heavy atom. The number of rotatable bonds is 3. The molecule has 3 fully saturated rings. The molecule has 3 saturated heterocycles. The second-order valence-corrected chi connectivity index (χ2v) is 7.95. The first-order valence-electron chi connectivity index (χ1n) is 8.98. The van der Waals surface area contributed by atoms with Crippen LogP contribution in [0.5, 0.6) is 0 Å². The molecule has 0 unspecified atom stereocenters. The minimum Gasteiger partial charge on any atom is -0.342 e. The van der Waals surface area contributed by atoms with Gasteiger partial charge in [-0.05, 0) is 52.4 Å². The molecule has 3 heterocycles. The van der Waals surface area contributed by atoms with Crippen LogP contribution < -0.4 is 5.32 Å². The van der Waals surface area contributed by atoms with Gasteiger partial charge in [0.1, 0.15) is 0 Å². The number of likely N-dealkylation sites (tertiary alicyclic amines) is 1. The van der Waals surface area contributed by atoms with Crippen LogP contribution >= 0.6 is 0 Å². The summed E-state index contributed by atoms with van der Waals surface area (Å²) in [6.07, 6.45) is 1.66. The lowest BCUT2D eigenvalue weighted by molar-refractivity contribution is -0.187. The summed E-state index contributed by atoms with van der Waals surface area (Å²) >= 11 is 0. The SMILES string of the molecule is CC(C)=CC[C@@]1(C(=O)N2CCC(C(F)(F)F)CC2)C[C@@H]2CC[C@H]1N2. The predicted octanol–water partition coefficient (Wildman–Crippen LogP) is 3.65. The molecule has 3 rings (SSSR count). The van der Waals surface area contributed by atoms with Crippen LogP contribution in [0.4, 0.5) is 13.2 Å². The second-order valence-electron chi connectivity index (χ2n) is 7.95. The van der Waals surface area contributed by atoms with Gasteiger partial charge in [-0.1, -0.05) is 11.6 Å². The Balaban J connectivity index is 1.73. The first kappa shape index (κ1) is 17.8. The van der Waals surface area contributed by atoms with Crippen molar-refractivity contribution in [1.29, 1.82) is 0 Å². The average molecular weight is 344 g/mol. The first-order valence-corrected chi connectivity index (χ1v) is 8.98. The minimum atomic E-state index is -4.14. The summed E-state index contributed by atoms with van der Waals surface area (Å²) in [7, 11) is 0. The summed E-state index contributed by atoms with van der Waals surface area (Å²) in [5.74, 6) is -1.19. The molecule has 1 N–H and O–H groups in total. The van der Waals surface area contributed by atoms with Crippen molar-refractivity contribution in [1.82, 2.24) is 10.2 Å². The Labute approximate surface area is 141 Å². The molecule has 6 heteroatoms. The maximum atomic E-state index is 13.3. The first-order chi connectivity index (χ1) is 11.2. The highest BCUT2D eigenvalue weighted by molar-refractivity contribution is 5.84. The molecule has 3 nitrogen and oxygen atoms in total. The van der Waals surface area contributed by atoms with Crippen molar-refractivity contribution in [2.24, 2.45) is 11.3 Å². The lowest BCUT2D eigenvalue weighted by Gasteiger charge is -2.41. The van der Waals surface area contributed by atoms with E-state index in [1.807, 2.05) is 13.8 Å². The Bertz CT molecular complexity index is 519.